The fourth-order valence-electron chi connectivity index (χ4n) is 4.67. The first-order valence-corrected chi connectivity index (χ1v) is 12.1. The molecular formula is C22H31N3O3S. The Hall–Kier alpha value is -1.86. The van der Waals surface area contributed by atoms with Crippen molar-refractivity contribution in [2.45, 2.75) is 82.4 Å². The quantitative estimate of drug-likeness (QED) is 0.687. The molecule has 2 aliphatic carbocycles. The number of benzene rings is 1. The Labute approximate surface area is 173 Å². The summed E-state index contributed by atoms with van der Waals surface area (Å²) >= 11 is 0. The van der Waals surface area contributed by atoms with Gasteiger partial charge >= 0.3 is 0 Å². The molecule has 0 atom stereocenters. The largest absolute Gasteiger partial charge is 0.491 e. The zero-order valence-corrected chi connectivity index (χ0v) is 18.4. The summed E-state index contributed by atoms with van der Waals surface area (Å²) in [5.41, 5.74) is 3.44. The second-order valence-electron chi connectivity index (χ2n) is 8.48. The molecule has 0 spiro atoms. The molecule has 7 heteroatoms. The number of hydrogen-bond donors (Lipinski definition) is 0. The molecular weight excluding hydrogens is 386 g/mol. The third-order valence-electron chi connectivity index (χ3n) is 6.04. The van der Waals surface area contributed by atoms with Gasteiger partial charge in [-0.25, -0.2) is 8.42 Å². The predicted molar refractivity (Wildman–Crippen MR) is 112 cm³/mol. The topological polar surface area (TPSA) is 64.4 Å². The average Bonchev–Trinajstić information content (AvgIpc) is 3.40. The third kappa shape index (κ3) is 4.08. The van der Waals surface area contributed by atoms with Crippen molar-refractivity contribution in [2.75, 3.05) is 0 Å². The van der Waals surface area contributed by atoms with Crippen LogP contribution in [0.2, 0.25) is 0 Å². The fourth-order valence-corrected chi connectivity index (χ4v) is 6.32. The highest BCUT2D eigenvalue weighted by Gasteiger charge is 2.35. The molecule has 1 fully saturated rings. The van der Waals surface area contributed by atoms with Crippen molar-refractivity contribution in [1.82, 2.24) is 14.1 Å². The summed E-state index contributed by atoms with van der Waals surface area (Å²) in [7, 11) is -1.64. The van der Waals surface area contributed by atoms with Crippen molar-refractivity contribution >= 4 is 10.0 Å². The molecule has 0 saturated heterocycles. The number of aromatic nitrogens is 2. The van der Waals surface area contributed by atoms with E-state index < -0.39 is 10.0 Å². The molecule has 1 heterocycles. The van der Waals surface area contributed by atoms with E-state index in [-0.39, 0.29) is 12.1 Å². The minimum absolute atomic E-state index is 0.0469. The Morgan fingerprint density at radius 2 is 1.83 bits per heavy atom. The van der Waals surface area contributed by atoms with Gasteiger partial charge in [0.15, 0.2) is 0 Å². The average molecular weight is 418 g/mol. The Kier molecular flexibility index (Phi) is 5.71. The van der Waals surface area contributed by atoms with Crippen molar-refractivity contribution in [2.24, 2.45) is 7.05 Å². The monoisotopic (exact) mass is 417 g/mol. The zero-order chi connectivity index (χ0) is 20.6. The first-order valence-electron chi connectivity index (χ1n) is 10.7. The van der Waals surface area contributed by atoms with E-state index in [1.807, 2.05) is 25.6 Å². The molecule has 0 N–H and O–H groups in total. The van der Waals surface area contributed by atoms with E-state index in [9.17, 15) is 8.42 Å². The van der Waals surface area contributed by atoms with Crippen LogP contribution in [0.5, 0.6) is 5.75 Å². The summed E-state index contributed by atoms with van der Waals surface area (Å²) in [4.78, 5) is 0.327. The summed E-state index contributed by atoms with van der Waals surface area (Å²) in [5.74, 6) is 0.689. The van der Waals surface area contributed by atoms with Crippen molar-refractivity contribution in [3.63, 3.8) is 0 Å². The van der Waals surface area contributed by atoms with Crippen LogP contribution < -0.4 is 4.74 Å². The van der Waals surface area contributed by atoms with E-state index in [4.69, 9.17) is 4.74 Å². The van der Waals surface area contributed by atoms with Gasteiger partial charge in [-0.2, -0.15) is 9.40 Å². The van der Waals surface area contributed by atoms with Crippen molar-refractivity contribution in [3.8, 4) is 5.75 Å². The Morgan fingerprint density at radius 1 is 1.14 bits per heavy atom. The molecule has 4 rings (SSSR count). The lowest BCUT2D eigenvalue weighted by molar-refractivity contribution is 0.242. The molecule has 0 bridgehead atoms. The highest BCUT2D eigenvalue weighted by Crippen LogP contribution is 2.33. The molecule has 1 aromatic heterocycles. The lowest BCUT2D eigenvalue weighted by Gasteiger charge is -2.28. The van der Waals surface area contributed by atoms with Gasteiger partial charge in [-0.05, 0) is 75.8 Å². The number of fused-ring (bicyclic) bond motifs is 1. The van der Waals surface area contributed by atoms with Crippen LogP contribution >= 0.6 is 0 Å². The number of nitrogens with zero attached hydrogens (tertiary/aromatic N) is 3. The van der Waals surface area contributed by atoms with Gasteiger partial charge in [0.2, 0.25) is 10.0 Å². The predicted octanol–water partition coefficient (Wildman–Crippen LogP) is 3.83. The second-order valence-corrected chi connectivity index (χ2v) is 10.4. The number of rotatable bonds is 7. The van der Waals surface area contributed by atoms with Gasteiger partial charge in [0.25, 0.3) is 0 Å². The van der Waals surface area contributed by atoms with Crippen LogP contribution in [0.25, 0.3) is 0 Å². The van der Waals surface area contributed by atoms with Crippen molar-refractivity contribution in [1.29, 1.82) is 0 Å². The molecule has 2 aromatic rings. The Morgan fingerprint density at radius 3 is 2.48 bits per heavy atom. The van der Waals surface area contributed by atoms with E-state index >= 15 is 0 Å². The van der Waals surface area contributed by atoms with Gasteiger partial charge in [0, 0.05) is 18.8 Å². The summed E-state index contributed by atoms with van der Waals surface area (Å²) in [6.45, 7) is 4.27. The minimum atomic E-state index is -3.61. The minimum Gasteiger partial charge on any atom is -0.491 e. The molecule has 2 aliphatic rings. The number of aryl methyl sites for hydroxylation is 1. The summed E-state index contributed by atoms with van der Waals surface area (Å²) < 4.78 is 36.5. The molecule has 0 aliphatic heterocycles. The molecule has 1 aromatic carbocycles. The van der Waals surface area contributed by atoms with E-state index in [0.29, 0.717) is 17.2 Å². The van der Waals surface area contributed by atoms with Gasteiger partial charge in [0.1, 0.15) is 5.75 Å². The van der Waals surface area contributed by atoms with Crippen LogP contribution in [0.1, 0.15) is 62.9 Å². The first-order chi connectivity index (χ1) is 13.9. The smallest absolute Gasteiger partial charge is 0.243 e. The lowest BCUT2D eigenvalue weighted by Crippen LogP contribution is -2.38. The van der Waals surface area contributed by atoms with Gasteiger partial charge in [0.05, 0.1) is 23.2 Å². The van der Waals surface area contributed by atoms with Gasteiger partial charge in [-0.1, -0.05) is 12.8 Å². The van der Waals surface area contributed by atoms with Gasteiger partial charge < -0.3 is 4.74 Å². The fraction of sp³-hybridized carbons (Fsp3) is 0.591. The SMILES string of the molecule is CC(C)Oc1ccc(S(=O)(=O)N(Cc2nn(C)c3c2CCC3)C2CCCC2)cc1. The number of sulfonamides is 1. The summed E-state index contributed by atoms with van der Waals surface area (Å²) in [5, 5.41) is 4.69. The first kappa shape index (κ1) is 20.4. The van der Waals surface area contributed by atoms with Crippen LogP contribution in [0.4, 0.5) is 0 Å². The van der Waals surface area contributed by atoms with Crippen LogP contribution in [0, 0.1) is 0 Å². The molecule has 0 radical (unpaired) electrons. The maximum absolute atomic E-state index is 13.6. The highest BCUT2D eigenvalue weighted by molar-refractivity contribution is 7.89. The van der Waals surface area contributed by atoms with Crippen LogP contribution in [-0.4, -0.2) is 34.6 Å². The molecule has 0 unspecified atom stereocenters. The van der Waals surface area contributed by atoms with Gasteiger partial charge in [-0.15, -0.1) is 0 Å². The highest BCUT2D eigenvalue weighted by atomic mass is 32.2. The Bertz CT molecular complexity index is 958. The summed E-state index contributed by atoms with van der Waals surface area (Å²) in [6, 6.07) is 6.87. The maximum atomic E-state index is 13.6. The van der Waals surface area contributed by atoms with E-state index in [2.05, 4.69) is 5.10 Å². The zero-order valence-electron chi connectivity index (χ0n) is 17.6. The van der Waals surface area contributed by atoms with E-state index in [1.54, 1.807) is 28.6 Å². The molecule has 158 valence electrons. The molecule has 6 nitrogen and oxygen atoms in total. The van der Waals surface area contributed by atoms with Crippen LogP contribution in [0.3, 0.4) is 0 Å². The van der Waals surface area contributed by atoms with Crippen molar-refractivity contribution in [3.05, 3.63) is 41.2 Å². The molecule has 1 saturated carbocycles. The van der Waals surface area contributed by atoms with Crippen LogP contribution in [-0.2, 0) is 36.5 Å². The third-order valence-corrected chi connectivity index (χ3v) is 7.95. The molecule has 29 heavy (non-hydrogen) atoms. The Balaban J connectivity index is 1.65. The van der Waals surface area contributed by atoms with Crippen LogP contribution in [0.15, 0.2) is 29.2 Å². The number of hydrogen-bond acceptors (Lipinski definition) is 4. The lowest BCUT2D eigenvalue weighted by atomic mass is 10.2. The number of ether oxygens (including phenoxy) is 1. The normalized spacial score (nSPS) is 17.4. The van der Waals surface area contributed by atoms with E-state index in [1.165, 1.54) is 11.3 Å². The second kappa shape index (κ2) is 8.11. The van der Waals surface area contributed by atoms with Crippen molar-refractivity contribution < 1.29 is 13.2 Å². The van der Waals surface area contributed by atoms with E-state index in [0.717, 1.165) is 50.6 Å². The standard InChI is InChI=1S/C22H31N3O3S/c1-16(2)28-18-11-13-19(14-12-18)29(26,27)25(17-7-4-5-8-17)15-21-20-9-6-10-22(20)24(3)23-21/h11-14,16-17H,4-10,15H2,1-3H3. The summed E-state index contributed by atoms with van der Waals surface area (Å²) in [6.07, 6.45) is 7.22. The van der Waals surface area contributed by atoms with Gasteiger partial charge in [-0.3, -0.25) is 4.68 Å². The molecule has 0 amide bonds. The maximum Gasteiger partial charge on any atom is 0.243 e.